The van der Waals surface area contributed by atoms with Crippen molar-refractivity contribution in [3.63, 3.8) is 0 Å². The van der Waals surface area contributed by atoms with Gasteiger partial charge in [-0.05, 0) is 72.9 Å². The van der Waals surface area contributed by atoms with Gasteiger partial charge in [-0.25, -0.2) is 5.01 Å². The first-order valence-corrected chi connectivity index (χ1v) is 11.2. The zero-order valence-electron chi connectivity index (χ0n) is 17.1. The van der Waals surface area contributed by atoms with Crippen molar-refractivity contribution in [2.45, 2.75) is 38.1 Å². The maximum atomic E-state index is 12.9. The summed E-state index contributed by atoms with van der Waals surface area (Å²) in [6.07, 6.45) is 8.79. The molecule has 1 aromatic carbocycles. The van der Waals surface area contributed by atoms with Crippen molar-refractivity contribution in [2.75, 3.05) is 6.61 Å². The lowest BCUT2D eigenvalue weighted by Crippen LogP contribution is -2.42. The highest BCUT2D eigenvalue weighted by Gasteiger charge is 2.40. The first-order valence-electron chi connectivity index (χ1n) is 10.8. The van der Waals surface area contributed by atoms with Crippen LogP contribution >= 0.6 is 11.6 Å². The Morgan fingerprint density at radius 1 is 1.16 bits per heavy atom. The summed E-state index contributed by atoms with van der Waals surface area (Å²) >= 11 is 5.99. The number of carbonyl (C=O) groups excluding carboxylic acids is 2. The fourth-order valence-corrected chi connectivity index (χ4v) is 5.38. The molecule has 2 fully saturated rings. The van der Waals surface area contributed by atoms with Crippen LogP contribution in [-0.2, 0) is 14.3 Å². The van der Waals surface area contributed by atoms with E-state index in [0.29, 0.717) is 29.0 Å². The molecule has 2 aliphatic carbocycles. The third kappa shape index (κ3) is 4.22. The second kappa shape index (κ2) is 8.42. The lowest BCUT2D eigenvalue weighted by molar-refractivity contribution is -0.154. The smallest absolute Gasteiger partial charge is 0.306 e. The van der Waals surface area contributed by atoms with E-state index >= 15 is 0 Å². The summed E-state index contributed by atoms with van der Waals surface area (Å²) in [6, 6.07) is 10.5. The van der Waals surface area contributed by atoms with Crippen LogP contribution in [0.3, 0.4) is 0 Å². The molecule has 31 heavy (non-hydrogen) atoms. The van der Waals surface area contributed by atoms with E-state index in [9.17, 15) is 9.59 Å². The van der Waals surface area contributed by atoms with E-state index in [-0.39, 0.29) is 18.5 Å². The standard InChI is InChI=1S/C24H25ClN2O4/c25-19-7-5-16(6-8-19)20-13-21(22-2-1-9-30-22)27(26-20)23(28)14-31-24(29)12-18-11-15-3-4-17(18)10-15/h1-2,5-9,13,15,17-18,21,26H,3-4,10-12,14H2/t15-,17-,18-,21+/m0/s1. The van der Waals surface area contributed by atoms with Gasteiger partial charge < -0.3 is 9.15 Å². The molecule has 162 valence electrons. The number of hydrogen-bond acceptors (Lipinski definition) is 5. The lowest BCUT2D eigenvalue weighted by Gasteiger charge is -2.24. The quantitative estimate of drug-likeness (QED) is 0.657. The van der Waals surface area contributed by atoms with Crippen molar-refractivity contribution in [3.8, 4) is 0 Å². The molecule has 0 spiro atoms. The van der Waals surface area contributed by atoms with Gasteiger partial charge in [-0.3, -0.25) is 15.0 Å². The minimum Gasteiger partial charge on any atom is -0.467 e. The van der Waals surface area contributed by atoms with E-state index in [4.69, 9.17) is 20.8 Å². The van der Waals surface area contributed by atoms with Crippen LogP contribution in [0.4, 0.5) is 0 Å². The van der Waals surface area contributed by atoms with Gasteiger partial charge in [0.25, 0.3) is 5.91 Å². The van der Waals surface area contributed by atoms with Crippen molar-refractivity contribution in [1.29, 1.82) is 0 Å². The van der Waals surface area contributed by atoms with Gasteiger partial charge in [0.15, 0.2) is 6.61 Å². The number of benzene rings is 1. The van der Waals surface area contributed by atoms with Crippen LogP contribution in [0.15, 0.2) is 53.2 Å². The van der Waals surface area contributed by atoms with Crippen molar-refractivity contribution >= 4 is 29.2 Å². The number of esters is 1. The highest BCUT2D eigenvalue weighted by molar-refractivity contribution is 6.30. The predicted octanol–water partition coefficient (Wildman–Crippen LogP) is 4.73. The number of ether oxygens (including phenoxy) is 1. The number of amides is 1. The largest absolute Gasteiger partial charge is 0.467 e. The number of nitrogens with one attached hydrogen (secondary N) is 1. The van der Waals surface area contributed by atoms with E-state index in [0.717, 1.165) is 23.6 Å². The number of hydrazine groups is 1. The Balaban J connectivity index is 1.23. The second-order valence-corrected chi connectivity index (χ2v) is 9.16. The molecule has 6 nitrogen and oxygen atoms in total. The van der Waals surface area contributed by atoms with Gasteiger partial charge >= 0.3 is 5.97 Å². The van der Waals surface area contributed by atoms with Gasteiger partial charge in [0.2, 0.25) is 0 Å². The average molecular weight is 441 g/mol. The van der Waals surface area contributed by atoms with E-state index in [1.165, 1.54) is 24.3 Å². The van der Waals surface area contributed by atoms with E-state index in [1.807, 2.05) is 24.3 Å². The summed E-state index contributed by atoms with van der Waals surface area (Å²) in [7, 11) is 0. The normalized spacial score (nSPS) is 26.6. The molecule has 4 atom stereocenters. The summed E-state index contributed by atoms with van der Waals surface area (Å²) < 4.78 is 10.9. The minimum atomic E-state index is -0.433. The fourth-order valence-electron chi connectivity index (χ4n) is 5.26. The highest BCUT2D eigenvalue weighted by Crippen LogP contribution is 2.49. The number of hydrogen-bond donors (Lipinski definition) is 1. The molecule has 0 radical (unpaired) electrons. The Hall–Kier alpha value is -2.73. The number of carbonyl (C=O) groups is 2. The molecule has 2 bridgehead atoms. The summed E-state index contributed by atoms with van der Waals surface area (Å²) in [5, 5.41) is 2.09. The van der Waals surface area contributed by atoms with Gasteiger partial charge in [0.05, 0.1) is 12.0 Å². The molecule has 7 heteroatoms. The number of nitrogens with zero attached hydrogens (tertiary/aromatic N) is 1. The molecule has 0 unspecified atom stereocenters. The van der Waals surface area contributed by atoms with Gasteiger partial charge in [-0.1, -0.05) is 30.2 Å². The Morgan fingerprint density at radius 2 is 2.00 bits per heavy atom. The van der Waals surface area contributed by atoms with Crippen molar-refractivity contribution in [3.05, 3.63) is 65.1 Å². The number of furan rings is 1. The topological polar surface area (TPSA) is 71.8 Å². The van der Waals surface area contributed by atoms with Gasteiger partial charge in [0, 0.05) is 11.4 Å². The molecule has 2 saturated carbocycles. The van der Waals surface area contributed by atoms with Gasteiger partial charge in [-0.2, -0.15) is 0 Å². The van der Waals surface area contributed by atoms with Crippen LogP contribution in [0, 0.1) is 17.8 Å². The Labute approximate surface area is 186 Å². The number of halogens is 1. The first-order chi connectivity index (χ1) is 15.1. The molecule has 0 saturated heterocycles. The Bertz CT molecular complexity index is 986. The molecule has 1 amide bonds. The molecule has 1 aliphatic heterocycles. The van der Waals surface area contributed by atoms with Crippen LogP contribution in [-0.4, -0.2) is 23.5 Å². The maximum absolute atomic E-state index is 12.9. The molecule has 3 aliphatic rings. The third-order valence-electron chi connectivity index (χ3n) is 6.77. The molecule has 2 aromatic rings. The monoisotopic (exact) mass is 440 g/mol. The SMILES string of the molecule is O=C(C[C@@H]1C[C@H]2CC[C@H]1C2)OCC(=O)N1NC(c2ccc(Cl)cc2)=C[C@@H]1c1ccco1. The van der Waals surface area contributed by atoms with Crippen molar-refractivity contribution in [2.24, 2.45) is 17.8 Å². The van der Waals surface area contributed by atoms with Crippen LogP contribution in [0.1, 0.15) is 49.5 Å². The maximum Gasteiger partial charge on any atom is 0.306 e. The number of rotatable bonds is 6. The van der Waals surface area contributed by atoms with Crippen LogP contribution in [0.2, 0.25) is 5.02 Å². The zero-order chi connectivity index (χ0) is 21.4. The Morgan fingerprint density at radius 3 is 2.68 bits per heavy atom. The van der Waals surface area contributed by atoms with Gasteiger partial charge in [-0.15, -0.1) is 0 Å². The Kier molecular flexibility index (Phi) is 5.48. The predicted molar refractivity (Wildman–Crippen MR) is 115 cm³/mol. The van der Waals surface area contributed by atoms with Crippen LogP contribution in [0.25, 0.3) is 5.70 Å². The third-order valence-corrected chi connectivity index (χ3v) is 7.02. The summed E-state index contributed by atoms with van der Waals surface area (Å²) in [4.78, 5) is 25.3. The molecular weight excluding hydrogens is 416 g/mol. The summed E-state index contributed by atoms with van der Waals surface area (Å²) in [6.45, 7) is -0.300. The first kappa shape index (κ1) is 20.2. The molecule has 5 rings (SSSR count). The second-order valence-electron chi connectivity index (χ2n) is 8.72. The minimum absolute atomic E-state index is 0.287. The molecular formula is C24H25ClN2O4. The number of fused-ring (bicyclic) bond motifs is 2. The molecule has 1 N–H and O–H groups in total. The van der Waals surface area contributed by atoms with Crippen molar-refractivity contribution < 1.29 is 18.7 Å². The molecule has 1 aromatic heterocycles. The van der Waals surface area contributed by atoms with Crippen molar-refractivity contribution in [1.82, 2.24) is 10.4 Å². The van der Waals surface area contributed by atoms with Crippen LogP contribution in [0.5, 0.6) is 0 Å². The summed E-state index contributed by atoms with van der Waals surface area (Å²) in [5.41, 5.74) is 4.79. The lowest BCUT2D eigenvalue weighted by atomic mass is 9.86. The highest BCUT2D eigenvalue weighted by atomic mass is 35.5. The van der Waals surface area contributed by atoms with E-state index < -0.39 is 6.04 Å². The van der Waals surface area contributed by atoms with Gasteiger partial charge in [0.1, 0.15) is 11.8 Å². The molecule has 2 heterocycles. The zero-order valence-corrected chi connectivity index (χ0v) is 17.9. The fraction of sp³-hybridized carbons (Fsp3) is 0.417. The average Bonchev–Trinajstić information content (AvgIpc) is 3.56. The van der Waals surface area contributed by atoms with Crippen LogP contribution < -0.4 is 5.43 Å². The van der Waals surface area contributed by atoms with E-state index in [2.05, 4.69) is 5.43 Å². The van der Waals surface area contributed by atoms with E-state index in [1.54, 1.807) is 24.5 Å². The summed E-state index contributed by atoms with van der Waals surface area (Å²) in [5.74, 6) is 1.86.